The molecular formula is C55H87N3O13S. The molecule has 1 saturated carbocycles. The van der Waals surface area contributed by atoms with Gasteiger partial charge in [0.25, 0.3) is 0 Å². The topological polar surface area (TPSA) is 190 Å². The molecule has 3 N–H and O–H groups in total. The van der Waals surface area contributed by atoms with Crippen molar-refractivity contribution < 1.29 is 62.2 Å². The largest absolute Gasteiger partial charge is 0.466 e. The van der Waals surface area contributed by atoms with E-state index in [9.17, 15) is 24.3 Å². The highest BCUT2D eigenvalue weighted by molar-refractivity contribution is 8.00. The second kappa shape index (κ2) is 26.0. The number of amides is 2. The maximum Gasteiger partial charge on any atom is 0.315 e. The number of aliphatic hydroxyl groups excluding tert-OH is 1. The summed E-state index contributed by atoms with van der Waals surface area (Å²) in [7, 11) is 5.42. The van der Waals surface area contributed by atoms with Crippen LogP contribution in [0.1, 0.15) is 130 Å². The highest BCUT2D eigenvalue weighted by Gasteiger charge is 2.53. The van der Waals surface area contributed by atoms with Crippen molar-refractivity contribution in [2.24, 2.45) is 41.4 Å². The fourth-order valence-corrected chi connectivity index (χ4v) is 15.3. The van der Waals surface area contributed by atoms with Gasteiger partial charge in [0.2, 0.25) is 0 Å². The molecule has 0 aromatic carbocycles. The first-order chi connectivity index (χ1) is 34.8. The Hall–Kier alpha value is -2.61. The number of hydrogen-bond donors (Lipinski definition) is 3. The quantitative estimate of drug-likeness (QED) is 0.0495. The third-order valence-corrected chi connectivity index (χ3v) is 19.3. The van der Waals surface area contributed by atoms with E-state index in [4.69, 9.17) is 37.9 Å². The minimum absolute atomic E-state index is 0.00454. The number of nitrogens with one attached hydrogen (secondary N) is 2. The van der Waals surface area contributed by atoms with E-state index in [0.717, 1.165) is 94.9 Å². The number of Topliss-reactive ketones (excluding diaryl/α,β-unsaturated/α-hetero) is 1. The number of cyclic esters (lactones) is 1. The van der Waals surface area contributed by atoms with Gasteiger partial charge in [-0.15, -0.1) is 0 Å². The van der Waals surface area contributed by atoms with Crippen LogP contribution in [0.5, 0.6) is 0 Å². The lowest BCUT2D eigenvalue weighted by molar-refractivity contribution is -0.299. The van der Waals surface area contributed by atoms with Crippen LogP contribution >= 0.6 is 11.8 Å². The van der Waals surface area contributed by atoms with Gasteiger partial charge in [-0.25, -0.2) is 4.79 Å². The van der Waals surface area contributed by atoms with E-state index >= 15 is 0 Å². The smallest absolute Gasteiger partial charge is 0.315 e. The number of aliphatic hydroxyl groups is 1. The van der Waals surface area contributed by atoms with Crippen LogP contribution in [-0.4, -0.2) is 159 Å². The van der Waals surface area contributed by atoms with Crippen LogP contribution in [-0.2, 0) is 52.3 Å². The summed E-state index contributed by atoms with van der Waals surface area (Å²) in [5, 5.41) is 16.9. The Labute approximate surface area is 432 Å². The molecule has 0 aromatic heterocycles. The molecule has 0 spiro atoms. The fraction of sp³-hybridized carbons (Fsp3) is 0.855. The van der Waals surface area contributed by atoms with Crippen molar-refractivity contribution >= 4 is 35.5 Å². The predicted molar refractivity (Wildman–Crippen MR) is 272 cm³/mol. The summed E-state index contributed by atoms with van der Waals surface area (Å²) < 4.78 is 49.7. The zero-order valence-electron chi connectivity index (χ0n) is 44.1. The van der Waals surface area contributed by atoms with Crippen LogP contribution in [0.25, 0.3) is 0 Å². The Kier molecular flexibility index (Phi) is 20.0. The molecule has 10 unspecified atom stereocenters. The number of ketones is 1. The molecule has 5 aliphatic heterocycles. The standard InChI is InChI=1S/C55H87N3O13S/c1-8-35-15-14-16-45(71-49-22-21-44(32(3)67-49)58(5)23-12-9-13-24-66-47(60)18-11-10-17-46-50-43(30-72-46)56-55(63)57-50)31(2)51(62)41-27-39-37(40(41)28-48(61)69-35)20-19-34-25-36(26-38(34)39)70-54-42(29-59)53(65-7)52(64-6)33(4)68-54/h19-20,27,31-40,42-46,49-50,52-54,59H,8-18,21-26,28-30H2,1-7H3,(H2,56,57,63)/t31-,32?,33?,34-,35+,36-,37-,38-,39-,40?,42?,43+,44?,45+,46?,49?,50+,52?,53?,54?/m1/s1. The van der Waals surface area contributed by atoms with Crippen LogP contribution < -0.4 is 10.6 Å². The van der Waals surface area contributed by atoms with Crippen molar-refractivity contribution in [1.29, 1.82) is 0 Å². The summed E-state index contributed by atoms with van der Waals surface area (Å²) in [5.74, 6) is 0.0471. The number of urea groups is 1. The van der Waals surface area contributed by atoms with Gasteiger partial charge in [-0.2, -0.15) is 11.8 Å². The fourth-order valence-electron chi connectivity index (χ4n) is 13.7. The van der Waals surface area contributed by atoms with E-state index in [-0.39, 0.29) is 127 Å². The van der Waals surface area contributed by atoms with E-state index in [1.165, 1.54) is 0 Å². The van der Waals surface area contributed by atoms with Crippen LogP contribution in [0.2, 0.25) is 0 Å². The van der Waals surface area contributed by atoms with Crippen molar-refractivity contribution in [3.63, 3.8) is 0 Å². The van der Waals surface area contributed by atoms with Crippen LogP contribution in [0.4, 0.5) is 4.79 Å². The average molecular weight is 1030 g/mol. The van der Waals surface area contributed by atoms with Gasteiger partial charge < -0.3 is 58.5 Å². The third-order valence-electron chi connectivity index (χ3n) is 17.7. The number of carbonyl (C=O) groups is 4. The van der Waals surface area contributed by atoms with Crippen molar-refractivity contribution in [2.45, 2.75) is 209 Å². The van der Waals surface area contributed by atoms with Gasteiger partial charge >= 0.3 is 18.0 Å². The van der Waals surface area contributed by atoms with E-state index < -0.39 is 24.4 Å². The average Bonchev–Trinajstić information content (AvgIpc) is 4.14. The van der Waals surface area contributed by atoms with Crippen molar-refractivity contribution in [3.8, 4) is 0 Å². The molecule has 8 rings (SSSR count). The molecule has 0 aromatic rings. The SMILES string of the molecule is CC[C@H]1CCC[C@H](OC2CCC(N(C)CCCCCOC(=O)CCCCC3SC[C@@H]4NC(=O)N[C@H]34)C(C)O2)[C@@H](C)C(=O)C2=C[C@H]3[C@@H]4C[C@H](OC5OC(C)C(OC)C(OC)C5CO)C[C@H]4C=C[C@H]3C2CC(=O)O1. The molecule has 5 heterocycles. The Morgan fingerprint density at radius 3 is 2.49 bits per heavy atom. The van der Waals surface area contributed by atoms with Crippen LogP contribution in [0.3, 0.4) is 0 Å². The molecule has 72 heavy (non-hydrogen) atoms. The summed E-state index contributed by atoms with van der Waals surface area (Å²) in [6.07, 6.45) is 16.2. The molecule has 0 bridgehead atoms. The molecule has 20 atom stereocenters. The number of nitrogens with zero attached hydrogens (tertiary/aromatic N) is 1. The van der Waals surface area contributed by atoms with Gasteiger partial charge in [0.15, 0.2) is 18.4 Å². The monoisotopic (exact) mass is 1030 g/mol. The maximum absolute atomic E-state index is 14.9. The molecule has 17 heteroatoms. The Morgan fingerprint density at radius 1 is 0.903 bits per heavy atom. The number of ether oxygens (including phenoxy) is 8. The summed E-state index contributed by atoms with van der Waals surface area (Å²) >= 11 is 1.90. The lowest BCUT2D eigenvalue weighted by Crippen LogP contribution is -2.57. The van der Waals surface area contributed by atoms with Crippen LogP contribution in [0.15, 0.2) is 23.8 Å². The van der Waals surface area contributed by atoms with Gasteiger partial charge in [-0.05, 0) is 140 Å². The summed E-state index contributed by atoms with van der Waals surface area (Å²) in [4.78, 5) is 55.0. The zero-order valence-corrected chi connectivity index (χ0v) is 44.9. The number of allylic oxidation sites excluding steroid dienone is 4. The second-order valence-corrected chi connectivity index (χ2v) is 23.6. The minimum Gasteiger partial charge on any atom is -0.466 e. The van der Waals surface area contributed by atoms with Gasteiger partial charge in [0, 0.05) is 49.5 Å². The van der Waals surface area contributed by atoms with E-state index in [1.54, 1.807) is 14.2 Å². The normalized spacial score (nSPS) is 41.0. The first-order valence-corrected chi connectivity index (χ1v) is 28.8. The molecule has 0 radical (unpaired) electrons. The first kappa shape index (κ1) is 55.6. The van der Waals surface area contributed by atoms with E-state index in [1.807, 2.05) is 25.6 Å². The van der Waals surface area contributed by atoms with Crippen LogP contribution in [0, 0.1) is 41.4 Å². The molecular weight excluding hydrogens is 943 g/mol. The lowest BCUT2D eigenvalue weighted by atomic mass is 9.70. The van der Waals surface area contributed by atoms with Gasteiger partial charge in [0.05, 0.1) is 68.2 Å². The highest BCUT2D eigenvalue weighted by Crippen LogP contribution is 2.54. The number of likely N-dealkylation sites (N-methyl/N-ethyl adjacent to an activating group) is 1. The van der Waals surface area contributed by atoms with Gasteiger partial charge in [0.1, 0.15) is 12.2 Å². The number of methoxy groups -OCH3 is 2. The Bertz CT molecular complexity index is 1890. The van der Waals surface area contributed by atoms with E-state index in [2.05, 4.69) is 54.7 Å². The van der Waals surface area contributed by atoms with Crippen molar-refractivity contribution in [1.82, 2.24) is 15.5 Å². The molecule has 8 aliphatic rings. The number of thioether (sulfide) groups is 1. The predicted octanol–water partition coefficient (Wildman–Crippen LogP) is 6.89. The number of unbranched alkanes of at least 4 members (excludes halogenated alkanes) is 3. The number of esters is 2. The van der Waals surface area contributed by atoms with Gasteiger partial charge in [-0.1, -0.05) is 38.5 Å². The Morgan fingerprint density at radius 2 is 1.72 bits per heavy atom. The summed E-state index contributed by atoms with van der Waals surface area (Å²) in [6.45, 7) is 9.33. The zero-order chi connectivity index (χ0) is 51.1. The van der Waals surface area contributed by atoms with E-state index in [0.29, 0.717) is 31.1 Å². The molecule has 406 valence electrons. The van der Waals surface area contributed by atoms with Crippen molar-refractivity contribution in [2.75, 3.05) is 46.8 Å². The molecule has 16 nitrogen and oxygen atoms in total. The number of fused-ring (bicyclic) bond motifs is 6. The Balaban J connectivity index is 0.807. The molecule has 3 aliphatic carbocycles. The number of hydrogen-bond acceptors (Lipinski definition) is 15. The summed E-state index contributed by atoms with van der Waals surface area (Å²) in [5.41, 5.74) is 0.727. The summed E-state index contributed by atoms with van der Waals surface area (Å²) in [6, 6.07) is 0.597. The highest BCUT2D eigenvalue weighted by atomic mass is 32.2. The number of rotatable bonds is 20. The molecule has 6 fully saturated rings. The van der Waals surface area contributed by atoms with Gasteiger partial charge in [-0.3, -0.25) is 14.4 Å². The lowest BCUT2D eigenvalue weighted by Gasteiger charge is -2.44. The van der Waals surface area contributed by atoms with Crippen molar-refractivity contribution in [3.05, 3.63) is 23.8 Å². The second-order valence-electron chi connectivity index (χ2n) is 22.3. The molecule has 2 amide bonds. The minimum atomic E-state index is -0.645. The number of carbonyl (C=O) groups excluding carboxylic acids is 4. The first-order valence-electron chi connectivity index (χ1n) is 27.8. The molecule has 5 saturated heterocycles. The maximum atomic E-state index is 14.9. The third kappa shape index (κ3) is 13.1.